The van der Waals surface area contributed by atoms with Crippen LogP contribution in [-0.2, 0) is 4.79 Å². The van der Waals surface area contributed by atoms with Crippen molar-refractivity contribution in [2.75, 3.05) is 11.9 Å². The van der Waals surface area contributed by atoms with Crippen LogP contribution >= 0.6 is 34.2 Å². The van der Waals surface area contributed by atoms with Crippen molar-refractivity contribution in [1.29, 1.82) is 0 Å². The molecule has 106 valence electrons. The quantitative estimate of drug-likeness (QED) is 0.719. The fourth-order valence-corrected chi connectivity index (χ4v) is 2.89. The van der Waals surface area contributed by atoms with Crippen LogP contribution in [0.1, 0.15) is 26.7 Å². The first-order valence-electron chi connectivity index (χ1n) is 6.37. The number of nitrogens with one attached hydrogen (secondary N) is 1. The van der Waals surface area contributed by atoms with Crippen LogP contribution in [0, 0.1) is 15.4 Å². The van der Waals surface area contributed by atoms with E-state index >= 15 is 0 Å². The molecular formula is C14H20ClIN2O. The van der Waals surface area contributed by atoms with E-state index in [0.717, 1.165) is 9.99 Å². The van der Waals surface area contributed by atoms with Gasteiger partial charge >= 0.3 is 0 Å². The normalized spacial score (nSPS) is 12.5. The summed E-state index contributed by atoms with van der Waals surface area (Å²) in [4.78, 5) is 12.0. The number of carbonyl (C=O) groups excluding carboxylic acids is 1. The third-order valence-corrected chi connectivity index (χ3v) is 3.80. The van der Waals surface area contributed by atoms with E-state index in [0.29, 0.717) is 29.6 Å². The zero-order valence-corrected chi connectivity index (χ0v) is 14.2. The highest BCUT2D eigenvalue weighted by Crippen LogP contribution is 2.24. The molecule has 1 rings (SSSR count). The lowest BCUT2D eigenvalue weighted by Gasteiger charge is -2.17. The minimum absolute atomic E-state index is 0.0285. The molecule has 3 nitrogen and oxygen atoms in total. The molecule has 0 aliphatic heterocycles. The summed E-state index contributed by atoms with van der Waals surface area (Å²) < 4.78 is 1.04. The maximum atomic E-state index is 12.0. The number of carbonyl (C=O) groups is 1. The molecule has 0 heterocycles. The lowest BCUT2D eigenvalue weighted by Crippen LogP contribution is -2.23. The minimum atomic E-state index is -0.0285. The summed E-state index contributed by atoms with van der Waals surface area (Å²) in [6, 6.07) is 5.56. The van der Waals surface area contributed by atoms with Crippen LogP contribution in [0.3, 0.4) is 0 Å². The van der Waals surface area contributed by atoms with Crippen LogP contribution in [0.25, 0.3) is 0 Å². The van der Waals surface area contributed by atoms with Crippen LogP contribution in [0.2, 0.25) is 5.02 Å². The maximum Gasteiger partial charge on any atom is 0.224 e. The van der Waals surface area contributed by atoms with Crippen molar-refractivity contribution in [2.24, 2.45) is 17.6 Å². The van der Waals surface area contributed by atoms with E-state index in [4.69, 9.17) is 17.3 Å². The van der Waals surface area contributed by atoms with E-state index in [-0.39, 0.29) is 11.8 Å². The molecule has 1 atom stereocenters. The average molecular weight is 395 g/mol. The molecule has 0 bridgehead atoms. The van der Waals surface area contributed by atoms with Crippen LogP contribution < -0.4 is 11.1 Å². The van der Waals surface area contributed by atoms with Gasteiger partial charge in [0.25, 0.3) is 0 Å². The molecule has 3 N–H and O–H groups in total. The van der Waals surface area contributed by atoms with Gasteiger partial charge in [-0.25, -0.2) is 0 Å². The van der Waals surface area contributed by atoms with Gasteiger partial charge in [-0.15, -0.1) is 0 Å². The second kappa shape index (κ2) is 8.07. The van der Waals surface area contributed by atoms with Crippen LogP contribution in [0.15, 0.2) is 18.2 Å². The zero-order chi connectivity index (χ0) is 14.4. The lowest BCUT2D eigenvalue weighted by molar-refractivity contribution is -0.117. The third-order valence-electron chi connectivity index (χ3n) is 2.82. The monoisotopic (exact) mass is 394 g/mol. The number of amides is 1. The molecule has 0 aliphatic rings. The molecule has 1 unspecified atom stereocenters. The first kappa shape index (κ1) is 16.7. The third kappa shape index (κ3) is 6.10. The van der Waals surface area contributed by atoms with Gasteiger partial charge in [-0.2, -0.15) is 0 Å². The maximum absolute atomic E-state index is 12.0. The summed E-state index contributed by atoms with van der Waals surface area (Å²) >= 11 is 8.27. The molecule has 1 aromatic carbocycles. The molecule has 0 aliphatic carbocycles. The summed E-state index contributed by atoms with van der Waals surface area (Å²) in [5.74, 6) is 0.741. The van der Waals surface area contributed by atoms with Gasteiger partial charge in [0.1, 0.15) is 0 Å². The van der Waals surface area contributed by atoms with Crippen molar-refractivity contribution in [2.45, 2.75) is 26.7 Å². The fourth-order valence-electron chi connectivity index (χ4n) is 1.98. The molecule has 0 fully saturated rings. The molecule has 19 heavy (non-hydrogen) atoms. The Morgan fingerprint density at radius 1 is 1.47 bits per heavy atom. The van der Waals surface area contributed by atoms with Crippen molar-refractivity contribution in [3.63, 3.8) is 0 Å². The predicted octanol–water partition coefficient (Wildman–Crippen LogP) is 3.89. The van der Waals surface area contributed by atoms with Crippen LogP contribution in [0.4, 0.5) is 5.69 Å². The SMILES string of the molecule is CC(C)CC(CN)CC(=O)Nc1ccc(I)cc1Cl. The number of hydrogen-bond donors (Lipinski definition) is 2. The van der Waals surface area contributed by atoms with E-state index in [1.807, 2.05) is 18.2 Å². The standard InChI is InChI=1S/C14H20ClIN2O/c1-9(2)5-10(8-17)6-14(19)18-13-4-3-11(16)7-12(13)15/h3-4,7,9-10H,5-6,8,17H2,1-2H3,(H,18,19). The lowest BCUT2D eigenvalue weighted by atomic mass is 9.94. The second-order valence-corrected chi connectivity index (χ2v) is 6.76. The Morgan fingerprint density at radius 3 is 2.68 bits per heavy atom. The Hall–Kier alpha value is -0.330. The van der Waals surface area contributed by atoms with Gasteiger partial charge in [0.15, 0.2) is 0 Å². The van der Waals surface area contributed by atoms with Crippen molar-refractivity contribution >= 4 is 45.8 Å². The van der Waals surface area contributed by atoms with Gasteiger partial charge in [0.2, 0.25) is 5.91 Å². The number of nitrogens with two attached hydrogens (primary N) is 1. The Labute approximate surface area is 133 Å². The van der Waals surface area contributed by atoms with Gasteiger partial charge in [0.05, 0.1) is 10.7 Å². The van der Waals surface area contributed by atoms with Crippen molar-refractivity contribution in [3.8, 4) is 0 Å². The highest BCUT2D eigenvalue weighted by Gasteiger charge is 2.15. The molecule has 0 aromatic heterocycles. The Bertz CT molecular complexity index is 437. The fraction of sp³-hybridized carbons (Fsp3) is 0.500. The largest absolute Gasteiger partial charge is 0.330 e. The van der Waals surface area contributed by atoms with Gasteiger partial charge in [0, 0.05) is 9.99 Å². The van der Waals surface area contributed by atoms with Crippen molar-refractivity contribution < 1.29 is 4.79 Å². The van der Waals surface area contributed by atoms with E-state index < -0.39 is 0 Å². The van der Waals surface area contributed by atoms with Gasteiger partial charge in [-0.1, -0.05) is 25.4 Å². The highest BCUT2D eigenvalue weighted by molar-refractivity contribution is 14.1. The van der Waals surface area contributed by atoms with Crippen molar-refractivity contribution in [1.82, 2.24) is 0 Å². The van der Waals surface area contributed by atoms with Gasteiger partial charge in [-0.3, -0.25) is 4.79 Å². The molecule has 0 radical (unpaired) electrons. The molecular weight excluding hydrogens is 375 g/mol. The first-order chi connectivity index (χ1) is 8.92. The number of rotatable bonds is 6. The molecule has 0 saturated carbocycles. The first-order valence-corrected chi connectivity index (χ1v) is 7.83. The van der Waals surface area contributed by atoms with E-state index in [1.165, 1.54) is 0 Å². The van der Waals surface area contributed by atoms with Crippen LogP contribution in [0.5, 0.6) is 0 Å². The number of anilines is 1. The summed E-state index contributed by atoms with van der Waals surface area (Å²) in [6.07, 6.45) is 1.40. The topological polar surface area (TPSA) is 55.1 Å². The molecule has 0 spiro atoms. The van der Waals surface area contributed by atoms with E-state index in [9.17, 15) is 4.79 Å². The number of halogens is 2. The highest BCUT2D eigenvalue weighted by atomic mass is 127. The van der Waals surface area contributed by atoms with Gasteiger partial charge < -0.3 is 11.1 Å². The summed E-state index contributed by atoms with van der Waals surface area (Å²) in [5.41, 5.74) is 6.37. The Balaban J connectivity index is 2.59. The summed E-state index contributed by atoms with van der Waals surface area (Å²) in [6.45, 7) is 4.80. The van der Waals surface area contributed by atoms with Crippen molar-refractivity contribution in [3.05, 3.63) is 26.8 Å². The number of hydrogen-bond acceptors (Lipinski definition) is 2. The summed E-state index contributed by atoms with van der Waals surface area (Å²) in [7, 11) is 0. The second-order valence-electron chi connectivity index (χ2n) is 5.11. The van der Waals surface area contributed by atoms with E-state index in [1.54, 1.807) is 0 Å². The van der Waals surface area contributed by atoms with E-state index in [2.05, 4.69) is 41.8 Å². The zero-order valence-electron chi connectivity index (χ0n) is 11.2. The Kier molecular flexibility index (Phi) is 7.10. The molecule has 1 aromatic rings. The van der Waals surface area contributed by atoms with Gasteiger partial charge in [-0.05, 0) is 65.6 Å². The smallest absolute Gasteiger partial charge is 0.224 e. The predicted molar refractivity (Wildman–Crippen MR) is 89.4 cm³/mol. The molecule has 1 amide bonds. The summed E-state index contributed by atoms with van der Waals surface area (Å²) in [5, 5.41) is 3.41. The number of benzene rings is 1. The van der Waals surface area contributed by atoms with Crippen LogP contribution in [-0.4, -0.2) is 12.5 Å². The average Bonchev–Trinajstić information content (AvgIpc) is 2.31. The Morgan fingerprint density at radius 2 is 2.16 bits per heavy atom. The molecule has 0 saturated heterocycles. The molecule has 5 heteroatoms. The minimum Gasteiger partial charge on any atom is -0.330 e.